The van der Waals surface area contributed by atoms with E-state index in [4.69, 9.17) is 0 Å². The van der Waals surface area contributed by atoms with Crippen LogP contribution in [0.15, 0.2) is 41.0 Å². The second-order valence-corrected chi connectivity index (χ2v) is 12.8. The van der Waals surface area contributed by atoms with Crippen LogP contribution in [0.1, 0.15) is 61.8 Å². The van der Waals surface area contributed by atoms with Crippen LogP contribution in [0.2, 0.25) is 0 Å². The van der Waals surface area contributed by atoms with Gasteiger partial charge in [-0.3, -0.25) is 9.48 Å². The van der Waals surface area contributed by atoms with Crippen molar-refractivity contribution < 1.29 is 22.9 Å². The van der Waals surface area contributed by atoms with Gasteiger partial charge in [0.2, 0.25) is 5.91 Å². The quantitative estimate of drug-likeness (QED) is 0.241. The number of hydrogen-bond acceptors (Lipinski definition) is 5. The van der Waals surface area contributed by atoms with Crippen molar-refractivity contribution in [2.75, 3.05) is 5.32 Å². The van der Waals surface area contributed by atoms with Crippen molar-refractivity contribution in [1.82, 2.24) is 19.6 Å². The molecule has 2 aromatic heterocycles. The lowest BCUT2D eigenvalue weighted by Crippen LogP contribution is -2.57. The highest BCUT2D eigenvalue weighted by Gasteiger charge is 2.60. The second kappa shape index (κ2) is 9.42. The Morgan fingerprint density at radius 1 is 1.20 bits per heavy atom. The number of anilines is 1. The maximum Gasteiger partial charge on any atom is 0.416 e. The summed E-state index contributed by atoms with van der Waals surface area (Å²) in [6, 6.07) is 6.84. The largest absolute Gasteiger partial charge is 0.416 e. The van der Waals surface area contributed by atoms with E-state index in [1.807, 2.05) is 0 Å². The van der Waals surface area contributed by atoms with Crippen LogP contribution < -0.4 is 5.32 Å². The molecule has 2 unspecified atom stereocenters. The fourth-order valence-corrected chi connectivity index (χ4v) is 8.28. The van der Waals surface area contributed by atoms with Crippen LogP contribution in [-0.2, 0) is 23.1 Å². The van der Waals surface area contributed by atoms with Crippen molar-refractivity contribution >= 4 is 33.5 Å². The zero-order valence-electron chi connectivity index (χ0n) is 21.7. The van der Waals surface area contributed by atoms with Crippen LogP contribution >= 0.6 is 15.9 Å². The van der Waals surface area contributed by atoms with Gasteiger partial charge in [-0.05, 0) is 101 Å². The van der Waals surface area contributed by atoms with E-state index in [0.29, 0.717) is 39.8 Å². The van der Waals surface area contributed by atoms with Gasteiger partial charge < -0.3 is 15.4 Å². The van der Waals surface area contributed by atoms with Crippen LogP contribution in [0.5, 0.6) is 0 Å². The highest BCUT2D eigenvalue weighted by Crippen LogP contribution is 2.65. The van der Waals surface area contributed by atoms with E-state index < -0.39 is 16.7 Å². The molecule has 0 spiro atoms. The molecular formula is C27H28BrF3N6O3. The zero-order chi connectivity index (χ0) is 28.4. The molecule has 2 atom stereocenters. The standard InChI is InChI=1S/C27H28BrF3N6O3/c1-16-5-22(33-35(16)13-17-3-2-4-20(7-17)27(29,30)31)32-23(38)12-25-8-18-6-19(9-25)11-26(10-18,15-25)36-14-21(28)24(34-36)37(39)40/h2-5,7,14,18-19H,6,8-13,15H2,1H3,(H,32,33,38). The molecule has 40 heavy (non-hydrogen) atoms. The van der Waals surface area contributed by atoms with E-state index in [0.717, 1.165) is 50.7 Å². The Morgan fingerprint density at radius 3 is 2.58 bits per heavy atom. The average Bonchev–Trinajstić information content (AvgIpc) is 3.40. The van der Waals surface area contributed by atoms with Crippen LogP contribution in [0.3, 0.4) is 0 Å². The molecule has 0 radical (unpaired) electrons. The minimum atomic E-state index is -4.42. The van der Waals surface area contributed by atoms with Crippen LogP contribution in [-0.4, -0.2) is 30.4 Å². The number of aromatic nitrogens is 4. The Kier molecular flexibility index (Phi) is 6.35. The summed E-state index contributed by atoms with van der Waals surface area (Å²) in [4.78, 5) is 24.2. The number of nitro groups is 1. The molecule has 4 saturated carbocycles. The maximum absolute atomic E-state index is 13.3. The van der Waals surface area contributed by atoms with Crippen molar-refractivity contribution in [2.45, 2.75) is 70.1 Å². The molecule has 9 nitrogen and oxygen atoms in total. The van der Waals surface area contributed by atoms with E-state index in [1.165, 1.54) is 6.07 Å². The number of benzene rings is 1. The van der Waals surface area contributed by atoms with Gasteiger partial charge in [0.15, 0.2) is 5.82 Å². The van der Waals surface area contributed by atoms with Gasteiger partial charge in [-0.15, -0.1) is 0 Å². The summed E-state index contributed by atoms with van der Waals surface area (Å²) in [5.74, 6) is 0.877. The summed E-state index contributed by atoms with van der Waals surface area (Å²) in [5.41, 5.74) is -0.106. The zero-order valence-corrected chi connectivity index (χ0v) is 23.3. The van der Waals surface area contributed by atoms with Crippen LogP contribution in [0, 0.1) is 34.3 Å². The van der Waals surface area contributed by atoms with E-state index >= 15 is 0 Å². The van der Waals surface area contributed by atoms with Gasteiger partial charge in [0.05, 0.1) is 28.9 Å². The molecule has 0 aliphatic heterocycles. The van der Waals surface area contributed by atoms with E-state index in [9.17, 15) is 28.1 Å². The molecule has 1 N–H and O–H groups in total. The highest BCUT2D eigenvalue weighted by atomic mass is 79.9. The summed E-state index contributed by atoms with van der Waals surface area (Å²) in [7, 11) is 0. The van der Waals surface area contributed by atoms with E-state index in [2.05, 4.69) is 31.4 Å². The van der Waals surface area contributed by atoms with E-state index in [1.54, 1.807) is 34.6 Å². The third-order valence-corrected chi connectivity index (χ3v) is 9.39. The Bertz CT molecular complexity index is 1480. The predicted octanol–water partition coefficient (Wildman–Crippen LogP) is 6.45. The Hall–Kier alpha value is -3.22. The van der Waals surface area contributed by atoms with Gasteiger partial charge in [-0.2, -0.15) is 23.0 Å². The fourth-order valence-electron chi connectivity index (χ4n) is 7.87. The SMILES string of the molecule is Cc1cc(NC(=O)CC23CC4CC(C2)CC(n2cc(Br)c([N+](=O)[O-])n2)(C4)C3)nn1Cc1cccc(C(F)(F)F)c1. The van der Waals surface area contributed by atoms with Crippen molar-refractivity contribution in [2.24, 2.45) is 17.3 Å². The third-order valence-electron chi connectivity index (χ3n) is 8.83. The fraction of sp³-hybridized carbons (Fsp3) is 0.519. The van der Waals surface area contributed by atoms with Crippen molar-refractivity contribution in [3.05, 3.63) is 67.9 Å². The molecule has 7 rings (SSSR count). The van der Waals surface area contributed by atoms with E-state index in [-0.39, 0.29) is 29.2 Å². The van der Waals surface area contributed by atoms with Crippen molar-refractivity contribution in [3.63, 3.8) is 0 Å². The summed E-state index contributed by atoms with van der Waals surface area (Å²) < 4.78 is 43.0. The first-order valence-corrected chi connectivity index (χ1v) is 14.0. The molecule has 4 bridgehead atoms. The molecular weight excluding hydrogens is 593 g/mol. The minimum absolute atomic E-state index is 0.146. The molecule has 212 valence electrons. The van der Waals surface area contributed by atoms with Crippen LogP contribution in [0.4, 0.5) is 24.8 Å². The minimum Gasteiger partial charge on any atom is -0.358 e. The number of carbonyl (C=O) groups excluding carboxylic acids is 1. The number of carbonyl (C=O) groups is 1. The van der Waals surface area contributed by atoms with Gasteiger partial charge in [-0.1, -0.05) is 12.1 Å². The number of nitrogens with one attached hydrogen (secondary N) is 1. The summed E-state index contributed by atoms with van der Waals surface area (Å²) in [5, 5.41) is 23.1. The summed E-state index contributed by atoms with van der Waals surface area (Å²) in [6.07, 6.45) is 3.11. The molecule has 1 amide bonds. The molecule has 4 aliphatic carbocycles. The second-order valence-electron chi connectivity index (χ2n) is 11.9. The van der Waals surface area contributed by atoms with Gasteiger partial charge in [-0.25, -0.2) is 0 Å². The maximum atomic E-state index is 13.3. The summed E-state index contributed by atoms with van der Waals surface area (Å²) in [6.45, 7) is 1.94. The molecule has 2 heterocycles. The predicted molar refractivity (Wildman–Crippen MR) is 142 cm³/mol. The first-order chi connectivity index (χ1) is 18.8. The lowest BCUT2D eigenvalue weighted by Gasteiger charge is -2.61. The molecule has 13 heteroatoms. The van der Waals surface area contributed by atoms with Crippen LogP contribution in [0.25, 0.3) is 0 Å². The van der Waals surface area contributed by atoms with Gasteiger partial charge >= 0.3 is 12.0 Å². The molecule has 3 aromatic rings. The normalized spacial score (nSPS) is 27.2. The first-order valence-electron chi connectivity index (χ1n) is 13.2. The molecule has 1 aromatic carbocycles. The summed E-state index contributed by atoms with van der Waals surface area (Å²) >= 11 is 3.28. The third kappa shape index (κ3) is 4.92. The number of halogens is 4. The van der Waals surface area contributed by atoms with Gasteiger partial charge in [0.25, 0.3) is 0 Å². The lowest BCUT2D eigenvalue weighted by atomic mass is 9.46. The van der Waals surface area contributed by atoms with Crippen molar-refractivity contribution in [3.8, 4) is 0 Å². The lowest BCUT2D eigenvalue weighted by molar-refractivity contribution is -0.390. The average molecular weight is 621 g/mol. The number of rotatable bonds is 7. The topological polar surface area (TPSA) is 108 Å². The number of amides is 1. The number of hydrogen-bond donors (Lipinski definition) is 1. The molecule has 4 fully saturated rings. The highest BCUT2D eigenvalue weighted by molar-refractivity contribution is 9.10. The Balaban J connectivity index is 1.17. The van der Waals surface area contributed by atoms with Gasteiger partial charge in [0, 0.05) is 18.2 Å². The first kappa shape index (κ1) is 27.0. The molecule has 0 saturated heterocycles. The number of aryl methyl sites for hydroxylation is 1. The van der Waals surface area contributed by atoms with Gasteiger partial charge in [0.1, 0.15) is 4.47 Å². The number of alkyl halides is 3. The molecule has 4 aliphatic rings. The smallest absolute Gasteiger partial charge is 0.358 e. The Morgan fingerprint density at radius 2 is 1.93 bits per heavy atom. The monoisotopic (exact) mass is 620 g/mol. The van der Waals surface area contributed by atoms with Crippen molar-refractivity contribution in [1.29, 1.82) is 0 Å². The number of nitrogens with zero attached hydrogens (tertiary/aromatic N) is 5. The Labute approximate surface area is 236 Å².